The second-order valence-electron chi connectivity index (χ2n) is 4.28. The van der Waals surface area contributed by atoms with Gasteiger partial charge < -0.3 is 14.6 Å². The zero-order chi connectivity index (χ0) is 12.9. The van der Waals surface area contributed by atoms with Gasteiger partial charge in [-0.15, -0.1) is 0 Å². The molecule has 1 aromatic rings. The highest BCUT2D eigenvalue weighted by atomic mass is 16.5. The molecule has 0 spiro atoms. The van der Waals surface area contributed by atoms with Crippen LogP contribution in [0.1, 0.15) is 30.6 Å². The molecule has 0 fully saturated rings. The smallest absolute Gasteiger partial charge is 0.337 e. The van der Waals surface area contributed by atoms with Gasteiger partial charge in [-0.3, -0.25) is 4.98 Å². The lowest BCUT2D eigenvalue weighted by molar-refractivity contribution is 0.00540. The molecular weight excluding hydrogens is 222 g/mol. The van der Waals surface area contributed by atoms with Crippen LogP contribution in [0.4, 0.5) is 0 Å². The number of carboxylic acid groups (broad SMARTS) is 1. The van der Waals surface area contributed by atoms with Gasteiger partial charge in [0.1, 0.15) is 5.75 Å². The van der Waals surface area contributed by atoms with Gasteiger partial charge in [-0.2, -0.15) is 0 Å². The number of methoxy groups -OCH3 is 1. The SMILES string of the molecule is COC(C)(C)CCOc1cncc(C(=O)O)c1. The lowest BCUT2D eigenvalue weighted by Gasteiger charge is -2.22. The van der Waals surface area contributed by atoms with Gasteiger partial charge in [-0.1, -0.05) is 0 Å². The van der Waals surface area contributed by atoms with Crippen molar-refractivity contribution in [3.63, 3.8) is 0 Å². The molecular formula is C12H17NO4. The molecule has 0 atom stereocenters. The van der Waals surface area contributed by atoms with E-state index in [0.717, 1.165) is 0 Å². The molecule has 0 aliphatic rings. The summed E-state index contributed by atoms with van der Waals surface area (Å²) in [5.74, 6) is -0.558. The Balaban J connectivity index is 2.52. The third-order valence-electron chi connectivity index (χ3n) is 2.49. The van der Waals surface area contributed by atoms with Crippen LogP contribution >= 0.6 is 0 Å². The minimum atomic E-state index is -1.01. The van der Waals surface area contributed by atoms with E-state index in [2.05, 4.69) is 4.98 Å². The number of carbonyl (C=O) groups is 1. The topological polar surface area (TPSA) is 68.7 Å². The van der Waals surface area contributed by atoms with Gasteiger partial charge >= 0.3 is 5.97 Å². The Morgan fingerprint density at radius 2 is 2.18 bits per heavy atom. The van der Waals surface area contributed by atoms with Crippen LogP contribution in [-0.2, 0) is 4.74 Å². The van der Waals surface area contributed by atoms with Crippen molar-refractivity contribution in [2.45, 2.75) is 25.9 Å². The Labute approximate surface area is 100 Å². The van der Waals surface area contributed by atoms with E-state index >= 15 is 0 Å². The summed E-state index contributed by atoms with van der Waals surface area (Å²) in [5, 5.41) is 8.79. The molecule has 1 rings (SSSR count). The van der Waals surface area contributed by atoms with Gasteiger partial charge in [0, 0.05) is 19.7 Å². The van der Waals surface area contributed by atoms with E-state index in [-0.39, 0.29) is 11.2 Å². The predicted octanol–water partition coefficient (Wildman–Crippen LogP) is 1.97. The molecule has 0 amide bonds. The molecule has 0 saturated carbocycles. The van der Waals surface area contributed by atoms with Crippen LogP contribution in [0.3, 0.4) is 0 Å². The van der Waals surface area contributed by atoms with Crippen molar-refractivity contribution in [2.75, 3.05) is 13.7 Å². The Kier molecular flexibility index (Phi) is 4.45. The van der Waals surface area contributed by atoms with E-state index in [1.165, 1.54) is 18.5 Å². The maximum Gasteiger partial charge on any atom is 0.337 e. The third-order valence-corrected chi connectivity index (χ3v) is 2.49. The van der Waals surface area contributed by atoms with Gasteiger partial charge in [0.05, 0.1) is 24.0 Å². The van der Waals surface area contributed by atoms with Crippen molar-refractivity contribution in [1.82, 2.24) is 4.98 Å². The zero-order valence-corrected chi connectivity index (χ0v) is 10.3. The van der Waals surface area contributed by atoms with Crippen molar-refractivity contribution in [2.24, 2.45) is 0 Å². The second kappa shape index (κ2) is 5.63. The van der Waals surface area contributed by atoms with Gasteiger partial charge in [-0.25, -0.2) is 4.79 Å². The number of carboxylic acids is 1. The molecule has 5 nitrogen and oxygen atoms in total. The number of nitrogens with zero attached hydrogens (tertiary/aromatic N) is 1. The Morgan fingerprint density at radius 1 is 1.47 bits per heavy atom. The van der Waals surface area contributed by atoms with Crippen molar-refractivity contribution in [3.8, 4) is 5.75 Å². The average Bonchev–Trinajstić information content (AvgIpc) is 2.29. The highest BCUT2D eigenvalue weighted by molar-refractivity contribution is 5.87. The van der Waals surface area contributed by atoms with E-state index in [0.29, 0.717) is 18.8 Å². The maximum absolute atomic E-state index is 10.7. The highest BCUT2D eigenvalue weighted by Crippen LogP contribution is 2.16. The second-order valence-corrected chi connectivity index (χ2v) is 4.28. The molecule has 1 heterocycles. The Morgan fingerprint density at radius 3 is 2.76 bits per heavy atom. The van der Waals surface area contributed by atoms with Crippen molar-refractivity contribution in [1.29, 1.82) is 0 Å². The van der Waals surface area contributed by atoms with Crippen molar-refractivity contribution in [3.05, 3.63) is 24.0 Å². The number of hydrogen-bond donors (Lipinski definition) is 1. The third kappa shape index (κ3) is 4.40. The standard InChI is InChI=1S/C12H17NO4/c1-12(2,16-3)4-5-17-10-6-9(11(14)15)7-13-8-10/h6-8H,4-5H2,1-3H3,(H,14,15). The minimum Gasteiger partial charge on any atom is -0.492 e. The predicted molar refractivity (Wildman–Crippen MR) is 62.4 cm³/mol. The summed E-state index contributed by atoms with van der Waals surface area (Å²) >= 11 is 0. The van der Waals surface area contributed by atoms with E-state index in [9.17, 15) is 4.79 Å². The van der Waals surface area contributed by atoms with Crippen molar-refractivity contribution < 1.29 is 19.4 Å². The van der Waals surface area contributed by atoms with Gasteiger partial charge in [0.15, 0.2) is 0 Å². The van der Waals surface area contributed by atoms with E-state index in [1.54, 1.807) is 7.11 Å². The number of hydrogen-bond acceptors (Lipinski definition) is 4. The van der Waals surface area contributed by atoms with E-state index in [4.69, 9.17) is 14.6 Å². The van der Waals surface area contributed by atoms with Gasteiger partial charge in [0.25, 0.3) is 0 Å². The van der Waals surface area contributed by atoms with Crippen molar-refractivity contribution >= 4 is 5.97 Å². The molecule has 0 aliphatic heterocycles. The molecule has 5 heteroatoms. The summed E-state index contributed by atoms with van der Waals surface area (Å²) in [6.45, 7) is 4.37. The normalized spacial score (nSPS) is 11.2. The van der Waals surface area contributed by atoms with Crippen LogP contribution in [0.15, 0.2) is 18.5 Å². The Hall–Kier alpha value is -1.62. The molecule has 0 radical (unpaired) electrons. The number of pyridine rings is 1. The molecule has 0 bridgehead atoms. The quantitative estimate of drug-likeness (QED) is 0.822. The number of aromatic carboxylic acids is 1. The van der Waals surface area contributed by atoms with Crippen LogP contribution in [0.25, 0.3) is 0 Å². The van der Waals surface area contributed by atoms with Gasteiger partial charge in [-0.05, 0) is 19.9 Å². The molecule has 0 aliphatic carbocycles. The first-order chi connectivity index (χ1) is 7.94. The molecule has 0 aromatic carbocycles. The molecule has 0 unspecified atom stereocenters. The first-order valence-electron chi connectivity index (χ1n) is 5.31. The minimum absolute atomic E-state index is 0.119. The van der Waals surface area contributed by atoms with Gasteiger partial charge in [0.2, 0.25) is 0 Å². The fourth-order valence-electron chi connectivity index (χ4n) is 1.13. The monoisotopic (exact) mass is 239 g/mol. The summed E-state index contributed by atoms with van der Waals surface area (Å²) < 4.78 is 10.7. The average molecular weight is 239 g/mol. The first kappa shape index (κ1) is 13.4. The van der Waals surface area contributed by atoms with Crippen LogP contribution in [0.5, 0.6) is 5.75 Å². The summed E-state index contributed by atoms with van der Waals surface area (Å²) in [6.07, 6.45) is 3.49. The van der Waals surface area contributed by atoms with Crippen LogP contribution in [0, 0.1) is 0 Å². The fourth-order valence-corrected chi connectivity index (χ4v) is 1.13. The van der Waals surface area contributed by atoms with E-state index < -0.39 is 5.97 Å². The largest absolute Gasteiger partial charge is 0.492 e. The molecule has 1 aromatic heterocycles. The summed E-state index contributed by atoms with van der Waals surface area (Å²) in [4.78, 5) is 14.5. The first-order valence-corrected chi connectivity index (χ1v) is 5.31. The van der Waals surface area contributed by atoms with Crippen LogP contribution in [0.2, 0.25) is 0 Å². The summed E-state index contributed by atoms with van der Waals surface area (Å²) in [6, 6.07) is 1.45. The number of rotatable bonds is 6. The molecule has 0 saturated heterocycles. The number of aromatic nitrogens is 1. The van der Waals surface area contributed by atoms with Crippen LogP contribution < -0.4 is 4.74 Å². The lowest BCUT2D eigenvalue weighted by atomic mass is 10.1. The summed E-state index contributed by atoms with van der Waals surface area (Å²) in [5.41, 5.74) is -0.133. The summed E-state index contributed by atoms with van der Waals surface area (Å²) in [7, 11) is 1.65. The number of ether oxygens (including phenoxy) is 2. The molecule has 17 heavy (non-hydrogen) atoms. The molecule has 1 N–H and O–H groups in total. The van der Waals surface area contributed by atoms with E-state index in [1.807, 2.05) is 13.8 Å². The Bertz CT molecular complexity index is 390. The molecule has 94 valence electrons. The lowest BCUT2D eigenvalue weighted by Crippen LogP contribution is -2.25. The highest BCUT2D eigenvalue weighted by Gasteiger charge is 2.16. The fraction of sp³-hybridized carbons (Fsp3) is 0.500. The van der Waals surface area contributed by atoms with Crippen LogP contribution in [-0.4, -0.2) is 35.4 Å². The maximum atomic E-state index is 10.7. The zero-order valence-electron chi connectivity index (χ0n) is 10.3.